The molecule has 4 heteroatoms. The van der Waals surface area contributed by atoms with E-state index in [1.165, 1.54) is 5.56 Å². The van der Waals surface area contributed by atoms with Gasteiger partial charge in [0, 0.05) is 13.0 Å². The minimum atomic E-state index is 0.0537. The van der Waals surface area contributed by atoms with Gasteiger partial charge < -0.3 is 14.8 Å². The van der Waals surface area contributed by atoms with E-state index in [9.17, 15) is 4.79 Å². The van der Waals surface area contributed by atoms with Crippen LogP contribution < -0.4 is 14.8 Å². The highest BCUT2D eigenvalue weighted by molar-refractivity contribution is 5.76. The zero-order valence-electron chi connectivity index (χ0n) is 14.2. The third-order valence-electron chi connectivity index (χ3n) is 4.24. The van der Waals surface area contributed by atoms with Crippen LogP contribution in [-0.4, -0.2) is 19.1 Å². The monoisotopic (exact) mass is 325 g/mol. The van der Waals surface area contributed by atoms with Crippen molar-refractivity contribution in [3.05, 3.63) is 59.2 Å². The Bertz CT molecular complexity index is 709. The first-order valence-electron chi connectivity index (χ1n) is 8.33. The highest BCUT2D eigenvalue weighted by Gasteiger charge is 2.16. The summed E-state index contributed by atoms with van der Waals surface area (Å²) < 4.78 is 11.1. The van der Waals surface area contributed by atoms with E-state index in [2.05, 4.69) is 31.3 Å². The average molecular weight is 325 g/mol. The maximum atomic E-state index is 12.2. The summed E-state index contributed by atoms with van der Waals surface area (Å²) in [7, 11) is 0. The first-order valence-corrected chi connectivity index (χ1v) is 8.33. The molecule has 0 aromatic heterocycles. The van der Waals surface area contributed by atoms with Gasteiger partial charge in [0.05, 0.1) is 0 Å². The fourth-order valence-electron chi connectivity index (χ4n) is 2.74. The molecule has 1 atom stereocenters. The van der Waals surface area contributed by atoms with Gasteiger partial charge in [-0.3, -0.25) is 4.79 Å². The quantitative estimate of drug-likeness (QED) is 0.914. The van der Waals surface area contributed by atoms with E-state index in [4.69, 9.17) is 9.47 Å². The normalized spacial score (nSPS) is 14.1. The SMILES string of the molecule is Cc1ccc(CNC(=O)CC(C)c2ccc3c(c2)OCCO3)cc1. The Hall–Kier alpha value is -2.49. The fraction of sp³-hybridized carbons (Fsp3) is 0.350. The highest BCUT2D eigenvalue weighted by atomic mass is 16.6. The minimum absolute atomic E-state index is 0.0537. The van der Waals surface area contributed by atoms with Crippen molar-refractivity contribution in [3.8, 4) is 11.5 Å². The number of carbonyl (C=O) groups excluding carboxylic acids is 1. The molecule has 3 rings (SSSR count). The molecule has 4 nitrogen and oxygen atoms in total. The molecule has 0 aliphatic carbocycles. The molecule has 0 saturated carbocycles. The van der Waals surface area contributed by atoms with Gasteiger partial charge in [0.25, 0.3) is 0 Å². The largest absolute Gasteiger partial charge is 0.486 e. The van der Waals surface area contributed by atoms with E-state index in [1.54, 1.807) is 0 Å². The van der Waals surface area contributed by atoms with Crippen molar-refractivity contribution >= 4 is 5.91 Å². The molecule has 0 fully saturated rings. The predicted octanol–water partition coefficient (Wildman–Crippen LogP) is 3.58. The number of fused-ring (bicyclic) bond motifs is 1. The number of hydrogen-bond donors (Lipinski definition) is 1. The van der Waals surface area contributed by atoms with E-state index in [0.717, 1.165) is 22.6 Å². The zero-order valence-corrected chi connectivity index (χ0v) is 14.2. The van der Waals surface area contributed by atoms with Gasteiger partial charge in [0.15, 0.2) is 11.5 Å². The summed E-state index contributed by atoms with van der Waals surface area (Å²) in [6, 6.07) is 14.1. The van der Waals surface area contributed by atoms with Crippen molar-refractivity contribution < 1.29 is 14.3 Å². The molecule has 24 heavy (non-hydrogen) atoms. The molecule has 1 N–H and O–H groups in total. The van der Waals surface area contributed by atoms with Gasteiger partial charge in [-0.2, -0.15) is 0 Å². The molecule has 1 amide bonds. The van der Waals surface area contributed by atoms with Crippen LogP contribution in [0, 0.1) is 6.92 Å². The first kappa shape index (κ1) is 16.4. The zero-order chi connectivity index (χ0) is 16.9. The molecule has 1 unspecified atom stereocenters. The molecule has 126 valence electrons. The number of benzene rings is 2. The van der Waals surface area contributed by atoms with Crippen molar-refractivity contribution in [2.24, 2.45) is 0 Å². The summed E-state index contributed by atoms with van der Waals surface area (Å²) in [5.41, 5.74) is 3.42. The van der Waals surface area contributed by atoms with Gasteiger partial charge in [-0.05, 0) is 36.1 Å². The molecule has 2 aromatic rings. The van der Waals surface area contributed by atoms with Gasteiger partial charge in [-0.25, -0.2) is 0 Å². The Balaban J connectivity index is 1.55. The fourth-order valence-corrected chi connectivity index (χ4v) is 2.74. The molecule has 0 saturated heterocycles. The number of rotatable bonds is 5. The predicted molar refractivity (Wildman–Crippen MR) is 93.5 cm³/mol. The van der Waals surface area contributed by atoms with Crippen LogP contribution in [0.2, 0.25) is 0 Å². The Morgan fingerprint density at radius 3 is 2.54 bits per heavy atom. The molecular formula is C20H23NO3. The third-order valence-corrected chi connectivity index (χ3v) is 4.24. The van der Waals surface area contributed by atoms with Crippen LogP contribution in [0.25, 0.3) is 0 Å². The summed E-state index contributed by atoms with van der Waals surface area (Å²) >= 11 is 0. The van der Waals surface area contributed by atoms with Crippen LogP contribution in [0.4, 0.5) is 0 Å². The average Bonchev–Trinajstić information content (AvgIpc) is 2.61. The van der Waals surface area contributed by atoms with Crippen LogP contribution in [-0.2, 0) is 11.3 Å². The number of nitrogens with one attached hydrogen (secondary N) is 1. The molecule has 2 aromatic carbocycles. The van der Waals surface area contributed by atoms with E-state index in [-0.39, 0.29) is 11.8 Å². The summed E-state index contributed by atoms with van der Waals surface area (Å²) in [6.07, 6.45) is 0.450. The van der Waals surface area contributed by atoms with Gasteiger partial charge in [-0.1, -0.05) is 42.8 Å². The maximum Gasteiger partial charge on any atom is 0.220 e. The standard InChI is InChI=1S/C20H23NO3/c1-14-3-5-16(6-4-14)13-21-20(22)11-15(2)17-7-8-18-19(12-17)24-10-9-23-18/h3-8,12,15H,9-11,13H2,1-2H3,(H,21,22). The van der Waals surface area contributed by atoms with Crippen LogP contribution in [0.1, 0.15) is 36.0 Å². The number of aryl methyl sites for hydroxylation is 1. The Kier molecular flexibility index (Phi) is 5.04. The lowest BCUT2D eigenvalue weighted by atomic mass is 9.97. The molecule has 0 spiro atoms. The molecule has 1 aliphatic heterocycles. The van der Waals surface area contributed by atoms with E-state index < -0.39 is 0 Å². The maximum absolute atomic E-state index is 12.2. The summed E-state index contributed by atoms with van der Waals surface area (Å²) in [5.74, 6) is 1.73. The smallest absolute Gasteiger partial charge is 0.220 e. The van der Waals surface area contributed by atoms with Crippen molar-refractivity contribution in [3.63, 3.8) is 0 Å². The lowest BCUT2D eigenvalue weighted by molar-refractivity contribution is -0.121. The van der Waals surface area contributed by atoms with Gasteiger partial charge >= 0.3 is 0 Å². The van der Waals surface area contributed by atoms with Crippen molar-refractivity contribution in [2.45, 2.75) is 32.7 Å². The van der Waals surface area contributed by atoms with Gasteiger partial charge in [-0.15, -0.1) is 0 Å². The molecule has 1 aliphatic rings. The Labute approximate surface area is 142 Å². The molecule has 0 bridgehead atoms. The Morgan fingerprint density at radius 1 is 1.08 bits per heavy atom. The van der Waals surface area contributed by atoms with Crippen molar-refractivity contribution in [2.75, 3.05) is 13.2 Å². The van der Waals surface area contributed by atoms with Crippen molar-refractivity contribution in [1.82, 2.24) is 5.32 Å². The van der Waals surface area contributed by atoms with E-state index >= 15 is 0 Å². The summed E-state index contributed by atoms with van der Waals surface area (Å²) in [5, 5.41) is 2.99. The van der Waals surface area contributed by atoms with Crippen molar-refractivity contribution in [1.29, 1.82) is 0 Å². The number of amides is 1. The Morgan fingerprint density at radius 2 is 1.79 bits per heavy atom. The second kappa shape index (κ2) is 7.39. The topological polar surface area (TPSA) is 47.6 Å². The number of carbonyl (C=O) groups is 1. The summed E-state index contributed by atoms with van der Waals surface area (Å²) in [4.78, 5) is 12.2. The van der Waals surface area contributed by atoms with Crippen LogP contribution in [0.5, 0.6) is 11.5 Å². The van der Waals surface area contributed by atoms with Gasteiger partial charge in [0.1, 0.15) is 13.2 Å². The van der Waals surface area contributed by atoms with Crippen LogP contribution in [0.15, 0.2) is 42.5 Å². The summed E-state index contributed by atoms with van der Waals surface area (Å²) in [6.45, 7) is 5.83. The second-order valence-electron chi connectivity index (χ2n) is 6.27. The van der Waals surface area contributed by atoms with Crippen LogP contribution in [0.3, 0.4) is 0 Å². The van der Waals surface area contributed by atoms with Gasteiger partial charge in [0.2, 0.25) is 5.91 Å². The lowest BCUT2D eigenvalue weighted by Crippen LogP contribution is -2.24. The molecule has 1 heterocycles. The van der Waals surface area contributed by atoms with Crippen LogP contribution >= 0.6 is 0 Å². The molecular weight excluding hydrogens is 302 g/mol. The first-order chi connectivity index (χ1) is 11.6. The number of hydrogen-bond acceptors (Lipinski definition) is 3. The molecule has 0 radical (unpaired) electrons. The lowest BCUT2D eigenvalue weighted by Gasteiger charge is -2.20. The third kappa shape index (κ3) is 4.07. The minimum Gasteiger partial charge on any atom is -0.486 e. The van der Waals surface area contributed by atoms with E-state index in [0.29, 0.717) is 26.2 Å². The van der Waals surface area contributed by atoms with E-state index in [1.807, 2.05) is 30.3 Å². The number of ether oxygens (including phenoxy) is 2. The highest BCUT2D eigenvalue weighted by Crippen LogP contribution is 2.33. The second-order valence-corrected chi connectivity index (χ2v) is 6.27.